The first-order valence-corrected chi connectivity index (χ1v) is 6.88. The molecule has 1 aromatic rings. The smallest absolute Gasteiger partial charge is 0.241 e. The molecule has 110 valence electrons. The molecule has 0 unspecified atom stereocenters. The van der Waals surface area contributed by atoms with E-state index in [1.165, 1.54) is 0 Å². The second-order valence-electron chi connectivity index (χ2n) is 5.35. The zero-order valence-corrected chi connectivity index (χ0v) is 11.4. The number of rotatable bonds is 4. The Bertz CT molecular complexity index is 576. The average molecular weight is 288 g/mol. The van der Waals surface area contributed by atoms with E-state index in [9.17, 15) is 20.0 Å². The SMILES string of the molecule is N#Cc1ccc(C(=O)C[C@H]2CCC[C@@H](O)[C@@H]2[N+](=O)[O-])cc1. The quantitative estimate of drug-likeness (QED) is 0.518. The summed E-state index contributed by atoms with van der Waals surface area (Å²) in [5, 5.41) is 29.6. The summed E-state index contributed by atoms with van der Waals surface area (Å²) in [6.45, 7) is 0. The maximum Gasteiger partial charge on any atom is 0.241 e. The molecule has 2 rings (SSSR count). The number of benzene rings is 1. The fourth-order valence-corrected chi connectivity index (χ4v) is 2.87. The summed E-state index contributed by atoms with van der Waals surface area (Å²) in [5.74, 6) is -0.627. The van der Waals surface area contributed by atoms with Crippen LogP contribution in [0.25, 0.3) is 0 Å². The largest absolute Gasteiger partial charge is 0.386 e. The van der Waals surface area contributed by atoms with Crippen molar-refractivity contribution in [1.82, 2.24) is 0 Å². The van der Waals surface area contributed by atoms with Crippen molar-refractivity contribution in [3.63, 3.8) is 0 Å². The third-order valence-corrected chi connectivity index (χ3v) is 3.98. The molecule has 0 saturated heterocycles. The number of aliphatic hydroxyl groups is 1. The van der Waals surface area contributed by atoms with E-state index in [0.717, 1.165) is 0 Å². The van der Waals surface area contributed by atoms with E-state index >= 15 is 0 Å². The van der Waals surface area contributed by atoms with E-state index in [0.29, 0.717) is 30.4 Å². The average Bonchev–Trinajstić information content (AvgIpc) is 2.47. The molecule has 0 radical (unpaired) electrons. The van der Waals surface area contributed by atoms with Gasteiger partial charge in [0, 0.05) is 22.8 Å². The van der Waals surface area contributed by atoms with E-state index < -0.39 is 23.0 Å². The molecule has 1 fully saturated rings. The fourth-order valence-electron chi connectivity index (χ4n) is 2.87. The van der Waals surface area contributed by atoms with Crippen molar-refractivity contribution >= 4 is 5.78 Å². The lowest BCUT2D eigenvalue weighted by atomic mass is 9.79. The van der Waals surface area contributed by atoms with Crippen LogP contribution in [0, 0.1) is 27.4 Å². The summed E-state index contributed by atoms with van der Waals surface area (Å²) >= 11 is 0. The second-order valence-corrected chi connectivity index (χ2v) is 5.35. The van der Waals surface area contributed by atoms with E-state index in [2.05, 4.69) is 0 Å². The van der Waals surface area contributed by atoms with Crippen molar-refractivity contribution in [3.05, 3.63) is 45.5 Å². The van der Waals surface area contributed by atoms with Gasteiger partial charge in [0.2, 0.25) is 6.04 Å². The molecule has 6 heteroatoms. The number of aliphatic hydroxyl groups excluding tert-OH is 1. The summed E-state index contributed by atoms with van der Waals surface area (Å²) < 4.78 is 0. The van der Waals surface area contributed by atoms with Crippen LogP contribution in [0.5, 0.6) is 0 Å². The van der Waals surface area contributed by atoms with Gasteiger partial charge in [-0.25, -0.2) is 0 Å². The van der Waals surface area contributed by atoms with Crippen molar-refractivity contribution in [2.45, 2.75) is 37.8 Å². The highest BCUT2D eigenvalue weighted by Crippen LogP contribution is 2.30. The van der Waals surface area contributed by atoms with E-state index in [1.807, 2.05) is 6.07 Å². The molecule has 1 aliphatic carbocycles. The summed E-state index contributed by atoms with van der Waals surface area (Å²) in [7, 11) is 0. The van der Waals surface area contributed by atoms with Crippen LogP contribution in [0.2, 0.25) is 0 Å². The molecular weight excluding hydrogens is 272 g/mol. The van der Waals surface area contributed by atoms with Crippen LogP contribution in [-0.4, -0.2) is 28.0 Å². The molecule has 0 amide bonds. The molecule has 1 N–H and O–H groups in total. The van der Waals surface area contributed by atoms with Crippen LogP contribution < -0.4 is 0 Å². The van der Waals surface area contributed by atoms with Gasteiger partial charge in [-0.15, -0.1) is 0 Å². The normalized spacial score (nSPS) is 25.0. The van der Waals surface area contributed by atoms with Crippen molar-refractivity contribution in [2.24, 2.45) is 5.92 Å². The molecule has 3 atom stereocenters. The number of carbonyl (C=O) groups excluding carboxylic acids is 1. The van der Waals surface area contributed by atoms with Gasteiger partial charge in [-0.3, -0.25) is 14.9 Å². The number of nitro groups is 1. The van der Waals surface area contributed by atoms with Crippen LogP contribution in [0.4, 0.5) is 0 Å². The molecule has 1 saturated carbocycles. The number of nitrogens with zero attached hydrogens (tertiary/aromatic N) is 2. The molecular formula is C15H16N2O4. The lowest BCUT2D eigenvalue weighted by molar-refractivity contribution is -0.547. The Labute approximate surface area is 122 Å². The number of hydrogen-bond donors (Lipinski definition) is 1. The first kappa shape index (κ1) is 15.1. The second kappa shape index (κ2) is 6.46. The first-order valence-electron chi connectivity index (χ1n) is 6.88. The van der Waals surface area contributed by atoms with Crippen molar-refractivity contribution in [2.75, 3.05) is 0 Å². The summed E-state index contributed by atoms with van der Waals surface area (Å²) in [6, 6.07) is 7.11. The van der Waals surface area contributed by atoms with Crippen LogP contribution in [-0.2, 0) is 0 Å². The highest BCUT2D eigenvalue weighted by Gasteiger charge is 2.41. The standard InChI is InChI=1S/C15H16N2O4/c16-9-10-4-6-11(7-5-10)14(19)8-12-2-1-3-13(18)15(12)17(20)21/h4-7,12-13,15,18H,1-3,8H2/t12-,13-,15-/m1/s1. The molecule has 0 aromatic heterocycles. The van der Waals surface area contributed by atoms with Crippen LogP contribution in [0.3, 0.4) is 0 Å². The van der Waals surface area contributed by atoms with Crippen LogP contribution in [0.1, 0.15) is 41.6 Å². The zero-order chi connectivity index (χ0) is 15.4. The Hall–Kier alpha value is -2.26. The fraction of sp³-hybridized carbons (Fsp3) is 0.467. The van der Waals surface area contributed by atoms with E-state index in [1.54, 1.807) is 24.3 Å². The zero-order valence-electron chi connectivity index (χ0n) is 11.4. The van der Waals surface area contributed by atoms with Gasteiger partial charge < -0.3 is 5.11 Å². The number of nitriles is 1. The molecule has 0 heterocycles. The third kappa shape index (κ3) is 3.44. The first-order chi connectivity index (χ1) is 10.0. The van der Waals surface area contributed by atoms with E-state index in [4.69, 9.17) is 5.26 Å². The Kier molecular flexibility index (Phi) is 4.66. The molecule has 1 aliphatic rings. The number of hydrogen-bond acceptors (Lipinski definition) is 5. The van der Waals surface area contributed by atoms with Gasteiger partial charge in [0.15, 0.2) is 5.78 Å². The minimum absolute atomic E-state index is 0.0502. The van der Waals surface area contributed by atoms with Gasteiger partial charge in [-0.1, -0.05) is 18.6 Å². The number of ketones is 1. The Morgan fingerprint density at radius 2 is 2.05 bits per heavy atom. The maximum absolute atomic E-state index is 12.2. The molecule has 1 aromatic carbocycles. The van der Waals surface area contributed by atoms with Crippen molar-refractivity contribution in [3.8, 4) is 6.07 Å². The van der Waals surface area contributed by atoms with Crippen molar-refractivity contribution < 1.29 is 14.8 Å². The van der Waals surface area contributed by atoms with Crippen molar-refractivity contribution in [1.29, 1.82) is 5.26 Å². The predicted molar refractivity (Wildman–Crippen MR) is 74.2 cm³/mol. The van der Waals surface area contributed by atoms with Gasteiger partial charge in [0.1, 0.15) is 6.10 Å². The summed E-state index contributed by atoms with van der Waals surface area (Å²) in [5.41, 5.74) is 0.902. The monoisotopic (exact) mass is 288 g/mol. The topological polar surface area (TPSA) is 104 Å². The lowest BCUT2D eigenvalue weighted by Gasteiger charge is -2.28. The molecule has 0 spiro atoms. The van der Waals surface area contributed by atoms with Crippen LogP contribution in [0.15, 0.2) is 24.3 Å². The third-order valence-electron chi connectivity index (χ3n) is 3.98. The van der Waals surface area contributed by atoms with Gasteiger partial charge in [-0.2, -0.15) is 5.26 Å². The van der Waals surface area contributed by atoms with Gasteiger partial charge in [0.25, 0.3) is 0 Å². The maximum atomic E-state index is 12.2. The lowest BCUT2D eigenvalue weighted by Crippen LogP contribution is -2.44. The van der Waals surface area contributed by atoms with Crippen LogP contribution >= 0.6 is 0 Å². The highest BCUT2D eigenvalue weighted by molar-refractivity contribution is 5.96. The van der Waals surface area contributed by atoms with E-state index in [-0.39, 0.29) is 12.2 Å². The Morgan fingerprint density at radius 1 is 1.38 bits per heavy atom. The number of carbonyl (C=O) groups is 1. The minimum atomic E-state index is -1.07. The summed E-state index contributed by atoms with van der Waals surface area (Å²) in [6.07, 6.45) is 0.746. The molecule has 21 heavy (non-hydrogen) atoms. The van der Waals surface area contributed by atoms with Gasteiger partial charge in [-0.05, 0) is 25.0 Å². The molecule has 6 nitrogen and oxygen atoms in total. The Balaban J connectivity index is 2.09. The van der Waals surface area contributed by atoms with Gasteiger partial charge in [0.05, 0.1) is 11.6 Å². The Morgan fingerprint density at radius 3 is 2.62 bits per heavy atom. The molecule has 0 aliphatic heterocycles. The van der Waals surface area contributed by atoms with Gasteiger partial charge >= 0.3 is 0 Å². The minimum Gasteiger partial charge on any atom is -0.386 e. The summed E-state index contributed by atoms with van der Waals surface area (Å²) in [4.78, 5) is 22.8. The number of Topliss-reactive ketones (excluding diaryl/α,β-unsaturated/α-hetero) is 1. The highest BCUT2D eigenvalue weighted by atomic mass is 16.6. The molecule has 0 bridgehead atoms. The predicted octanol–water partition coefficient (Wildman–Crippen LogP) is 1.94.